The molecule has 438 valence electrons. The molecular formula is C68H131NO5. The van der Waals surface area contributed by atoms with Gasteiger partial charge in [0.25, 0.3) is 0 Å². The summed E-state index contributed by atoms with van der Waals surface area (Å²) in [5.41, 5.74) is 0. The molecule has 6 nitrogen and oxygen atoms in total. The van der Waals surface area contributed by atoms with Gasteiger partial charge in [0.05, 0.1) is 25.4 Å². The lowest BCUT2D eigenvalue weighted by Crippen LogP contribution is -2.45. The van der Waals surface area contributed by atoms with Gasteiger partial charge >= 0.3 is 5.97 Å². The van der Waals surface area contributed by atoms with E-state index in [0.29, 0.717) is 19.4 Å². The van der Waals surface area contributed by atoms with E-state index in [9.17, 15) is 19.8 Å². The highest BCUT2D eigenvalue weighted by Crippen LogP contribution is 2.18. The first-order chi connectivity index (χ1) is 36.5. The number of hydrogen-bond donors (Lipinski definition) is 3. The maximum atomic E-state index is 12.5. The van der Waals surface area contributed by atoms with Crippen LogP contribution in [0.1, 0.15) is 373 Å². The standard InChI is InChI=1S/C68H131NO5/c1-3-5-7-9-11-13-15-17-33-38-42-46-50-54-58-62-68(73)74-63-59-55-51-47-43-39-35-32-30-28-26-24-22-20-19-21-23-25-27-29-31-34-37-41-45-49-53-57-61-67(72)69-65(64-70)66(71)60-56-52-48-44-40-36-18-16-14-12-10-8-6-4-2/h19-20,56,60,65-66,70-71H,3-18,21-55,57-59,61-64H2,1-2H3,(H,69,72)/b20-19-,60-56+. The predicted octanol–water partition coefficient (Wildman–Crippen LogP) is 21.4. The van der Waals surface area contributed by atoms with Crippen molar-refractivity contribution < 1.29 is 24.5 Å². The first-order valence-corrected chi connectivity index (χ1v) is 33.6. The predicted molar refractivity (Wildman–Crippen MR) is 324 cm³/mol. The summed E-state index contributed by atoms with van der Waals surface area (Å²) in [5, 5.41) is 23.1. The Morgan fingerprint density at radius 1 is 0.365 bits per heavy atom. The van der Waals surface area contributed by atoms with Gasteiger partial charge in [-0.3, -0.25) is 9.59 Å². The van der Waals surface area contributed by atoms with E-state index in [1.54, 1.807) is 6.08 Å². The van der Waals surface area contributed by atoms with E-state index in [1.807, 2.05) is 6.08 Å². The summed E-state index contributed by atoms with van der Waals surface area (Å²) in [6.07, 6.45) is 79.6. The molecule has 0 rings (SSSR count). The number of esters is 1. The molecule has 74 heavy (non-hydrogen) atoms. The van der Waals surface area contributed by atoms with Gasteiger partial charge in [0, 0.05) is 12.8 Å². The molecule has 0 saturated heterocycles. The Hall–Kier alpha value is -1.66. The average Bonchev–Trinajstić information content (AvgIpc) is 3.40. The van der Waals surface area contributed by atoms with Crippen LogP contribution in [0.3, 0.4) is 0 Å². The molecule has 0 heterocycles. The van der Waals surface area contributed by atoms with Crippen LogP contribution in [0.25, 0.3) is 0 Å². The highest BCUT2D eigenvalue weighted by atomic mass is 16.5. The van der Waals surface area contributed by atoms with Crippen LogP contribution in [0.2, 0.25) is 0 Å². The van der Waals surface area contributed by atoms with Gasteiger partial charge in [-0.1, -0.05) is 327 Å². The molecule has 0 bridgehead atoms. The molecule has 0 aliphatic heterocycles. The van der Waals surface area contributed by atoms with Gasteiger partial charge in [0.2, 0.25) is 5.91 Å². The maximum Gasteiger partial charge on any atom is 0.305 e. The van der Waals surface area contributed by atoms with Crippen molar-refractivity contribution in [1.82, 2.24) is 5.32 Å². The van der Waals surface area contributed by atoms with E-state index >= 15 is 0 Å². The van der Waals surface area contributed by atoms with Gasteiger partial charge in [0.15, 0.2) is 0 Å². The summed E-state index contributed by atoms with van der Waals surface area (Å²) in [6.45, 7) is 4.93. The molecule has 6 heteroatoms. The lowest BCUT2D eigenvalue weighted by molar-refractivity contribution is -0.143. The van der Waals surface area contributed by atoms with E-state index < -0.39 is 12.1 Å². The smallest absolute Gasteiger partial charge is 0.305 e. The maximum absolute atomic E-state index is 12.5. The van der Waals surface area contributed by atoms with E-state index in [0.717, 1.165) is 38.5 Å². The molecule has 0 radical (unpaired) electrons. The SMILES string of the molecule is CCCCCCCCCCCCCC/C=C/C(O)C(CO)NC(=O)CCCCCCCCCCCCCC/C=C\CCCCCCCCCCCCCCOC(=O)CCCCCCCCCCCCCCCCC. The summed E-state index contributed by atoms with van der Waals surface area (Å²) >= 11 is 0. The van der Waals surface area contributed by atoms with E-state index in [2.05, 4.69) is 31.3 Å². The minimum Gasteiger partial charge on any atom is -0.466 e. The number of rotatable bonds is 63. The van der Waals surface area contributed by atoms with Crippen molar-refractivity contribution >= 4 is 11.9 Å². The third-order valence-corrected chi connectivity index (χ3v) is 15.7. The topological polar surface area (TPSA) is 95.9 Å². The molecule has 2 unspecified atom stereocenters. The molecule has 0 aromatic rings. The van der Waals surface area contributed by atoms with Crippen LogP contribution >= 0.6 is 0 Å². The van der Waals surface area contributed by atoms with Crippen molar-refractivity contribution in [3.63, 3.8) is 0 Å². The lowest BCUT2D eigenvalue weighted by Gasteiger charge is -2.20. The summed E-state index contributed by atoms with van der Waals surface area (Å²) < 4.78 is 5.50. The van der Waals surface area contributed by atoms with Crippen molar-refractivity contribution in [2.24, 2.45) is 0 Å². The number of aliphatic hydroxyl groups is 2. The van der Waals surface area contributed by atoms with Gasteiger partial charge in [0.1, 0.15) is 0 Å². The lowest BCUT2D eigenvalue weighted by atomic mass is 10.0. The van der Waals surface area contributed by atoms with E-state index in [4.69, 9.17) is 4.74 Å². The monoisotopic (exact) mass is 1040 g/mol. The zero-order chi connectivity index (χ0) is 53.6. The number of ether oxygens (including phenoxy) is 1. The van der Waals surface area contributed by atoms with Crippen LogP contribution < -0.4 is 5.32 Å². The Labute approximate surface area is 462 Å². The highest BCUT2D eigenvalue weighted by molar-refractivity contribution is 5.76. The van der Waals surface area contributed by atoms with Gasteiger partial charge in [-0.15, -0.1) is 0 Å². The third-order valence-electron chi connectivity index (χ3n) is 15.7. The second-order valence-corrected chi connectivity index (χ2v) is 23.2. The van der Waals surface area contributed by atoms with E-state index in [1.165, 1.54) is 308 Å². The fourth-order valence-corrected chi connectivity index (χ4v) is 10.6. The second kappa shape index (κ2) is 63.9. The molecule has 3 N–H and O–H groups in total. The number of aliphatic hydroxyl groups excluding tert-OH is 2. The number of allylic oxidation sites excluding steroid dienone is 3. The number of carbonyl (C=O) groups is 2. The number of carbonyl (C=O) groups excluding carboxylic acids is 2. The van der Waals surface area contributed by atoms with Gasteiger partial charge in [-0.25, -0.2) is 0 Å². The van der Waals surface area contributed by atoms with Crippen molar-refractivity contribution in [2.75, 3.05) is 13.2 Å². The summed E-state index contributed by atoms with van der Waals surface area (Å²) in [4.78, 5) is 24.5. The summed E-state index contributed by atoms with van der Waals surface area (Å²) in [6, 6.07) is -0.627. The summed E-state index contributed by atoms with van der Waals surface area (Å²) in [7, 11) is 0. The van der Waals surface area contributed by atoms with Crippen LogP contribution in [-0.4, -0.2) is 47.4 Å². The minimum absolute atomic E-state index is 0.0188. The molecule has 0 saturated carbocycles. The van der Waals surface area contributed by atoms with Crippen LogP contribution in [0, 0.1) is 0 Å². The molecule has 0 aromatic carbocycles. The van der Waals surface area contributed by atoms with Gasteiger partial charge < -0.3 is 20.3 Å². The normalized spacial score (nSPS) is 12.6. The third kappa shape index (κ3) is 59.6. The first-order valence-electron chi connectivity index (χ1n) is 33.6. The van der Waals surface area contributed by atoms with Crippen LogP contribution in [-0.2, 0) is 14.3 Å². The molecule has 1 amide bonds. The fraction of sp³-hybridized carbons (Fsp3) is 0.912. The minimum atomic E-state index is -0.843. The van der Waals surface area contributed by atoms with Crippen molar-refractivity contribution in [3.05, 3.63) is 24.3 Å². The highest BCUT2D eigenvalue weighted by Gasteiger charge is 2.18. The molecular weight excluding hydrogens is 911 g/mol. The Balaban J connectivity index is 3.37. The van der Waals surface area contributed by atoms with Crippen LogP contribution in [0.5, 0.6) is 0 Å². The number of hydrogen-bond acceptors (Lipinski definition) is 5. The van der Waals surface area contributed by atoms with Crippen LogP contribution in [0.15, 0.2) is 24.3 Å². The van der Waals surface area contributed by atoms with Gasteiger partial charge in [-0.2, -0.15) is 0 Å². The molecule has 2 atom stereocenters. The Kier molecular flexibility index (Phi) is 62.4. The Bertz CT molecular complexity index is 1150. The first kappa shape index (κ1) is 72.3. The van der Waals surface area contributed by atoms with Gasteiger partial charge in [-0.05, 0) is 57.8 Å². The van der Waals surface area contributed by atoms with Crippen molar-refractivity contribution in [2.45, 2.75) is 386 Å². The van der Waals surface area contributed by atoms with Crippen LogP contribution in [0.4, 0.5) is 0 Å². The molecule has 0 spiro atoms. The quantitative estimate of drug-likeness (QED) is 0.0320. The fourth-order valence-electron chi connectivity index (χ4n) is 10.6. The van der Waals surface area contributed by atoms with Crippen molar-refractivity contribution in [1.29, 1.82) is 0 Å². The molecule has 0 fully saturated rings. The summed E-state index contributed by atoms with van der Waals surface area (Å²) in [5.74, 6) is -0.0473. The van der Waals surface area contributed by atoms with E-state index in [-0.39, 0.29) is 18.5 Å². The Morgan fingerprint density at radius 3 is 0.959 bits per heavy atom. The largest absolute Gasteiger partial charge is 0.466 e. The second-order valence-electron chi connectivity index (χ2n) is 23.2. The molecule has 0 aromatic heterocycles. The zero-order valence-corrected chi connectivity index (χ0v) is 50.1. The van der Waals surface area contributed by atoms with Crippen molar-refractivity contribution in [3.8, 4) is 0 Å². The number of nitrogens with one attached hydrogen (secondary N) is 1. The number of amides is 1. The zero-order valence-electron chi connectivity index (χ0n) is 50.1. The Morgan fingerprint density at radius 2 is 0.635 bits per heavy atom. The molecule has 0 aliphatic carbocycles. The number of unbranched alkanes of at least 4 members (excludes halogenated alkanes) is 50. The average molecular weight is 1040 g/mol. The molecule has 0 aliphatic rings.